The van der Waals surface area contributed by atoms with Gasteiger partial charge in [0.1, 0.15) is 6.04 Å². The molecule has 0 saturated heterocycles. The first-order valence-electron chi connectivity index (χ1n) is 4.18. The van der Waals surface area contributed by atoms with Gasteiger partial charge < -0.3 is 4.84 Å². The molecule has 0 spiro atoms. The summed E-state index contributed by atoms with van der Waals surface area (Å²) >= 11 is 0. The fourth-order valence-corrected chi connectivity index (χ4v) is 0.972. The average molecular weight is 178 g/mol. The molecule has 0 amide bonds. The molecule has 13 heavy (non-hydrogen) atoms. The number of hydrogen-bond acceptors (Lipinski definition) is 3. The summed E-state index contributed by atoms with van der Waals surface area (Å²) < 4.78 is 0. The normalized spacial score (nSPS) is 12.4. The summed E-state index contributed by atoms with van der Waals surface area (Å²) in [5.41, 5.74) is 3.46. The van der Waals surface area contributed by atoms with E-state index in [9.17, 15) is 4.79 Å². The number of hydroxylamine groups is 1. The van der Waals surface area contributed by atoms with Gasteiger partial charge in [0.2, 0.25) is 6.29 Å². The van der Waals surface area contributed by atoms with Gasteiger partial charge in [0, 0.05) is 0 Å². The Balaban J connectivity index is 2.61. The van der Waals surface area contributed by atoms with Crippen molar-refractivity contribution in [3.8, 4) is 0 Å². The molecular formula is C10H12NO2. The number of benzene rings is 1. The van der Waals surface area contributed by atoms with Crippen LogP contribution in [0.2, 0.25) is 0 Å². The monoisotopic (exact) mass is 178 g/mol. The van der Waals surface area contributed by atoms with Gasteiger partial charge in [-0.15, -0.1) is 0 Å². The zero-order valence-electron chi connectivity index (χ0n) is 7.49. The van der Waals surface area contributed by atoms with E-state index in [4.69, 9.17) is 4.84 Å². The van der Waals surface area contributed by atoms with Crippen molar-refractivity contribution in [1.82, 2.24) is 5.48 Å². The van der Waals surface area contributed by atoms with Crippen LogP contribution >= 0.6 is 0 Å². The summed E-state index contributed by atoms with van der Waals surface area (Å²) in [6.07, 6.45) is 1.87. The highest BCUT2D eigenvalue weighted by Crippen LogP contribution is 2.09. The first-order valence-corrected chi connectivity index (χ1v) is 4.18. The molecule has 1 radical (unpaired) electrons. The predicted octanol–water partition coefficient (Wildman–Crippen LogP) is 1.38. The molecule has 0 aliphatic carbocycles. The molecule has 0 fully saturated rings. The average Bonchev–Trinajstić information content (AvgIpc) is 2.21. The van der Waals surface area contributed by atoms with Crippen LogP contribution in [0.4, 0.5) is 0 Å². The Labute approximate surface area is 77.7 Å². The number of hydrogen-bond donors (Lipinski definition) is 1. The fraction of sp³-hybridized carbons (Fsp3) is 0.300. The summed E-state index contributed by atoms with van der Waals surface area (Å²) in [4.78, 5) is 15.5. The highest BCUT2D eigenvalue weighted by Gasteiger charge is 2.09. The third-order valence-electron chi connectivity index (χ3n) is 1.60. The van der Waals surface area contributed by atoms with Crippen molar-refractivity contribution >= 4 is 6.29 Å². The van der Waals surface area contributed by atoms with E-state index in [1.807, 2.05) is 43.5 Å². The topological polar surface area (TPSA) is 38.3 Å². The lowest BCUT2D eigenvalue weighted by Gasteiger charge is -2.10. The standard InChI is InChI=1S/C10H12NO2/c1-2-13-11-10(8-12)9-6-4-3-5-7-9/h3-7,10-11H,2H2,1H3. The van der Waals surface area contributed by atoms with Crippen molar-refractivity contribution in [2.24, 2.45) is 0 Å². The van der Waals surface area contributed by atoms with Gasteiger partial charge in [-0.25, -0.2) is 0 Å². The van der Waals surface area contributed by atoms with E-state index in [-0.39, 0.29) is 0 Å². The first kappa shape index (κ1) is 9.89. The molecule has 1 rings (SSSR count). The summed E-state index contributed by atoms with van der Waals surface area (Å²) in [7, 11) is 0. The largest absolute Gasteiger partial charge is 0.301 e. The Bertz CT molecular complexity index is 248. The van der Waals surface area contributed by atoms with Gasteiger partial charge in [-0.05, 0) is 12.5 Å². The van der Waals surface area contributed by atoms with E-state index in [1.54, 1.807) is 0 Å². The fourth-order valence-electron chi connectivity index (χ4n) is 0.972. The van der Waals surface area contributed by atoms with Gasteiger partial charge in [0.15, 0.2) is 0 Å². The van der Waals surface area contributed by atoms with Crippen LogP contribution in [0, 0.1) is 0 Å². The van der Waals surface area contributed by atoms with Crippen molar-refractivity contribution < 1.29 is 9.63 Å². The molecule has 1 aromatic carbocycles. The van der Waals surface area contributed by atoms with Crippen molar-refractivity contribution in [2.75, 3.05) is 6.61 Å². The number of nitrogens with one attached hydrogen (secondary N) is 1. The lowest BCUT2D eigenvalue weighted by Crippen LogP contribution is -2.22. The summed E-state index contributed by atoms with van der Waals surface area (Å²) in [6.45, 7) is 2.37. The molecule has 0 saturated carbocycles. The van der Waals surface area contributed by atoms with Crippen molar-refractivity contribution in [1.29, 1.82) is 0 Å². The van der Waals surface area contributed by atoms with E-state index in [1.165, 1.54) is 0 Å². The minimum Gasteiger partial charge on any atom is -0.301 e. The van der Waals surface area contributed by atoms with Crippen LogP contribution in [0.1, 0.15) is 18.5 Å². The molecule has 0 bridgehead atoms. The van der Waals surface area contributed by atoms with Gasteiger partial charge in [-0.3, -0.25) is 4.79 Å². The van der Waals surface area contributed by atoms with Gasteiger partial charge in [-0.1, -0.05) is 30.3 Å². The maximum atomic E-state index is 10.5. The highest BCUT2D eigenvalue weighted by molar-refractivity contribution is 5.61. The van der Waals surface area contributed by atoms with Crippen LogP contribution in [0.25, 0.3) is 0 Å². The minimum atomic E-state index is -0.499. The van der Waals surface area contributed by atoms with E-state index >= 15 is 0 Å². The molecule has 1 N–H and O–H groups in total. The highest BCUT2D eigenvalue weighted by atomic mass is 16.6. The third kappa shape index (κ3) is 2.97. The Morgan fingerprint density at radius 2 is 2.15 bits per heavy atom. The van der Waals surface area contributed by atoms with Gasteiger partial charge >= 0.3 is 0 Å². The maximum Gasteiger partial charge on any atom is 0.224 e. The maximum absolute atomic E-state index is 10.5. The Hall–Kier alpha value is -1.19. The van der Waals surface area contributed by atoms with Crippen molar-refractivity contribution in [3.05, 3.63) is 35.9 Å². The Morgan fingerprint density at radius 1 is 1.46 bits per heavy atom. The molecular weight excluding hydrogens is 166 g/mol. The molecule has 0 aliphatic heterocycles. The second kappa shape index (κ2) is 5.45. The Kier molecular flexibility index (Phi) is 4.15. The van der Waals surface area contributed by atoms with Crippen LogP contribution in [-0.2, 0) is 9.63 Å². The third-order valence-corrected chi connectivity index (χ3v) is 1.60. The van der Waals surface area contributed by atoms with Crippen molar-refractivity contribution in [2.45, 2.75) is 13.0 Å². The molecule has 3 heteroatoms. The van der Waals surface area contributed by atoms with Gasteiger partial charge in [0.25, 0.3) is 0 Å². The second-order valence-electron chi connectivity index (χ2n) is 2.51. The molecule has 1 aromatic rings. The molecule has 1 atom stereocenters. The SMILES string of the molecule is CCONC([C]=O)c1ccccc1. The van der Waals surface area contributed by atoms with Crippen LogP contribution < -0.4 is 5.48 Å². The van der Waals surface area contributed by atoms with Gasteiger partial charge in [0.05, 0.1) is 6.61 Å². The van der Waals surface area contributed by atoms with E-state index < -0.39 is 6.04 Å². The van der Waals surface area contributed by atoms with Crippen LogP contribution in [0.3, 0.4) is 0 Å². The van der Waals surface area contributed by atoms with E-state index in [0.29, 0.717) is 6.61 Å². The zero-order valence-corrected chi connectivity index (χ0v) is 7.49. The second-order valence-corrected chi connectivity index (χ2v) is 2.51. The Morgan fingerprint density at radius 3 is 2.69 bits per heavy atom. The molecule has 1 unspecified atom stereocenters. The summed E-state index contributed by atoms with van der Waals surface area (Å²) in [5, 5.41) is 0. The summed E-state index contributed by atoms with van der Waals surface area (Å²) in [6, 6.07) is 8.83. The summed E-state index contributed by atoms with van der Waals surface area (Å²) in [5.74, 6) is 0. The predicted molar refractivity (Wildman–Crippen MR) is 49.6 cm³/mol. The quantitative estimate of drug-likeness (QED) is 0.692. The van der Waals surface area contributed by atoms with Gasteiger partial charge in [-0.2, -0.15) is 5.48 Å². The number of carbonyl (C=O) groups excluding carboxylic acids is 1. The van der Waals surface area contributed by atoms with Crippen molar-refractivity contribution in [3.63, 3.8) is 0 Å². The minimum absolute atomic E-state index is 0.499. The van der Waals surface area contributed by atoms with Crippen LogP contribution in [0.15, 0.2) is 30.3 Å². The molecule has 0 aliphatic rings. The smallest absolute Gasteiger partial charge is 0.224 e. The lowest BCUT2D eigenvalue weighted by molar-refractivity contribution is 0.0388. The van der Waals surface area contributed by atoms with Crippen LogP contribution in [0.5, 0.6) is 0 Å². The number of rotatable bonds is 5. The molecule has 69 valence electrons. The molecule has 0 aromatic heterocycles. The van der Waals surface area contributed by atoms with Crippen LogP contribution in [-0.4, -0.2) is 12.9 Å². The van der Waals surface area contributed by atoms with E-state index in [2.05, 4.69) is 5.48 Å². The van der Waals surface area contributed by atoms with E-state index in [0.717, 1.165) is 5.56 Å². The first-order chi connectivity index (χ1) is 6.38. The molecule has 3 nitrogen and oxygen atoms in total. The molecule has 0 heterocycles. The zero-order chi connectivity index (χ0) is 9.52. The lowest BCUT2D eigenvalue weighted by atomic mass is 10.1.